The van der Waals surface area contributed by atoms with Crippen LogP contribution in [0.2, 0.25) is 0 Å². The number of phenols is 2. The zero-order valence-corrected chi connectivity index (χ0v) is 28.6. The van der Waals surface area contributed by atoms with Gasteiger partial charge in [0, 0.05) is 0 Å². The molecule has 2 aliphatic rings. The van der Waals surface area contributed by atoms with Gasteiger partial charge in [0.05, 0.1) is 50.2 Å². The van der Waals surface area contributed by atoms with E-state index in [-0.39, 0.29) is 31.3 Å². The van der Waals surface area contributed by atoms with Crippen molar-refractivity contribution in [3.8, 4) is 17.2 Å². The average molecular weight is 707 g/mol. The molecule has 2 saturated heterocycles. The molecule has 4 atom stereocenters. The normalized spacial score (nSPS) is 20.0. The highest BCUT2D eigenvalue weighted by Crippen LogP contribution is 2.31. The number of aryl methyl sites for hydroxylation is 1. The van der Waals surface area contributed by atoms with Gasteiger partial charge < -0.3 is 29.2 Å². The van der Waals surface area contributed by atoms with E-state index in [2.05, 4.69) is 20.4 Å². The Balaban J connectivity index is 0.911. The molecule has 2 heterocycles. The van der Waals surface area contributed by atoms with Crippen LogP contribution >= 0.6 is 0 Å². The van der Waals surface area contributed by atoms with E-state index in [1.807, 2.05) is 44.2 Å². The van der Waals surface area contributed by atoms with Crippen LogP contribution in [0.15, 0.2) is 105 Å². The number of aromatic hydroxyl groups is 2. The molecule has 0 spiro atoms. The molecule has 0 bridgehead atoms. The second-order valence-corrected chi connectivity index (χ2v) is 12.0. The predicted molar refractivity (Wildman–Crippen MR) is 194 cm³/mol. The zero-order chi connectivity index (χ0) is 36.3. The number of hydrogen-bond donors (Lipinski definition) is 2. The van der Waals surface area contributed by atoms with Crippen LogP contribution < -0.4 is 4.74 Å². The fourth-order valence-electron chi connectivity index (χ4n) is 5.45. The van der Waals surface area contributed by atoms with Crippen LogP contribution in [0.25, 0.3) is 0 Å². The molecule has 2 aliphatic heterocycles. The van der Waals surface area contributed by atoms with Gasteiger partial charge in [-0.05, 0) is 95.8 Å². The molecule has 6 rings (SSSR count). The Kier molecular flexibility index (Phi) is 12.1. The molecule has 2 fully saturated rings. The second-order valence-electron chi connectivity index (χ2n) is 12.0. The number of benzene rings is 4. The van der Waals surface area contributed by atoms with E-state index in [0.717, 1.165) is 33.4 Å². The molecule has 3 unspecified atom stereocenters. The van der Waals surface area contributed by atoms with Gasteiger partial charge in [-0.15, -0.1) is 0 Å². The summed E-state index contributed by atoms with van der Waals surface area (Å²) in [5.74, 6) is 0.208. The van der Waals surface area contributed by atoms with E-state index in [1.54, 1.807) is 79.5 Å². The predicted octanol–water partition coefficient (Wildman–Crippen LogP) is 5.55. The maximum Gasteiger partial charge on any atom is 0.338 e. The van der Waals surface area contributed by atoms with Crippen molar-refractivity contribution in [2.75, 3.05) is 19.8 Å². The topological polar surface area (TPSA) is 162 Å². The van der Waals surface area contributed by atoms with Gasteiger partial charge >= 0.3 is 5.97 Å². The summed E-state index contributed by atoms with van der Waals surface area (Å²) in [5.41, 5.74) is 5.20. The van der Waals surface area contributed by atoms with E-state index < -0.39 is 30.4 Å². The standard InChI is InChI=1S/C39H38N4O9/c1-3-47-34-17-30(11-15-33(34)45)21-43-40-18-26-4-6-28(7-5-26)22-50-52-36-24-49-37-35(23-48-38(36)37)51-39(46)31-12-8-27(9-13-31)19-41-42-20-29-10-14-32(44)25(2)16-29/h4-21,35-38,44-45H,3,22-24H2,1-2H3/b40-18+,41-19+,42-20+,43-21+/t35?,36-,37?,38?/m1/s1. The molecule has 268 valence electrons. The minimum atomic E-state index is -0.586. The van der Waals surface area contributed by atoms with E-state index in [1.165, 1.54) is 0 Å². The minimum Gasteiger partial charge on any atom is -0.508 e. The minimum absolute atomic E-state index is 0.0744. The van der Waals surface area contributed by atoms with Crippen molar-refractivity contribution in [1.82, 2.24) is 0 Å². The molecular formula is C39H38N4O9. The van der Waals surface area contributed by atoms with Gasteiger partial charge in [-0.3, -0.25) is 0 Å². The third-order valence-electron chi connectivity index (χ3n) is 8.23. The number of rotatable bonds is 14. The summed E-state index contributed by atoms with van der Waals surface area (Å²) in [4.78, 5) is 24.0. The molecule has 0 saturated carbocycles. The van der Waals surface area contributed by atoms with Crippen molar-refractivity contribution >= 4 is 30.8 Å². The Bertz CT molecular complexity index is 1940. The Morgan fingerprint density at radius 3 is 1.90 bits per heavy atom. The Morgan fingerprint density at radius 2 is 1.27 bits per heavy atom. The van der Waals surface area contributed by atoms with Gasteiger partial charge in [-0.1, -0.05) is 36.4 Å². The quantitative estimate of drug-likeness (QED) is 0.0741. The van der Waals surface area contributed by atoms with Gasteiger partial charge in [0.15, 0.2) is 17.6 Å². The van der Waals surface area contributed by atoms with Gasteiger partial charge in [0.1, 0.15) is 30.7 Å². The monoisotopic (exact) mass is 706 g/mol. The molecule has 0 aliphatic carbocycles. The van der Waals surface area contributed by atoms with Crippen LogP contribution in [0.5, 0.6) is 17.2 Å². The van der Waals surface area contributed by atoms with Gasteiger partial charge in [-0.25, -0.2) is 14.6 Å². The number of phenolic OH excluding ortho intramolecular Hbond substituents is 2. The molecular weight excluding hydrogens is 668 g/mol. The van der Waals surface area contributed by atoms with Crippen LogP contribution in [0, 0.1) is 6.92 Å². The number of hydrogen-bond acceptors (Lipinski definition) is 13. The number of ether oxygens (including phenoxy) is 4. The van der Waals surface area contributed by atoms with Crippen molar-refractivity contribution in [3.05, 3.63) is 124 Å². The molecule has 13 heteroatoms. The highest BCUT2D eigenvalue weighted by molar-refractivity contribution is 5.91. The van der Waals surface area contributed by atoms with Gasteiger partial charge in [0.2, 0.25) is 0 Å². The zero-order valence-electron chi connectivity index (χ0n) is 28.6. The van der Waals surface area contributed by atoms with E-state index in [0.29, 0.717) is 17.9 Å². The van der Waals surface area contributed by atoms with E-state index >= 15 is 0 Å². The van der Waals surface area contributed by atoms with Crippen LogP contribution in [0.1, 0.15) is 50.7 Å². The van der Waals surface area contributed by atoms with Crippen LogP contribution in [-0.4, -0.2) is 85.3 Å². The van der Waals surface area contributed by atoms with Crippen molar-refractivity contribution in [1.29, 1.82) is 0 Å². The third-order valence-corrected chi connectivity index (χ3v) is 8.23. The van der Waals surface area contributed by atoms with Crippen LogP contribution in [0.3, 0.4) is 0 Å². The lowest BCUT2D eigenvalue weighted by Gasteiger charge is -2.17. The lowest BCUT2D eigenvalue weighted by molar-refractivity contribution is -0.341. The summed E-state index contributed by atoms with van der Waals surface area (Å²) in [6.45, 7) is 4.72. The summed E-state index contributed by atoms with van der Waals surface area (Å²) in [7, 11) is 0. The number of nitrogens with zero attached hydrogens (tertiary/aromatic N) is 4. The molecule has 2 N–H and O–H groups in total. The first kappa shape index (κ1) is 36.1. The second kappa shape index (κ2) is 17.5. The molecule has 0 radical (unpaired) electrons. The Labute approximate surface area is 300 Å². The molecule has 0 aromatic heterocycles. The number of esters is 1. The molecule has 52 heavy (non-hydrogen) atoms. The first-order valence-corrected chi connectivity index (χ1v) is 16.7. The summed E-state index contributed by atoms with van der Waals surface area (Å²) in [6, 6.07) is 24.5. The Morgan fingerprint density at radius 1 is 0.731 bits per heavy atom. The third kappa shape index (κ3) is 9.53. The van der Waals surface area contributed by atoms with E-state index in [4.69, 9.17) is 28.7 Å². The number of fused-ring (bicyclic) bond motifs is 1. The lowest BCUT2D eigenvalue weighted by Crippen LogP contribution is -2.35. The smallest absolute Gasteiger partial charge is 0.338 e. The maximum absolute atomic E-state index is 12.9. The fraction of sp³-hybridized carbons (Fsp3) is 0.256. The maximum atomic E-state index is 12.9. The fourth-order valence-corrected chi connectivity index (χ4v) is 5.45. The summed E-state index contributed by atoms with van der Waals surface area (Å²) >= 11 is 0. The number of carbonyl (C=O) groups excluding carboxylic acids is 1. The largest absolute Gasteiger partial charge is 0.508 e. The SMILES string of the molecule is CCOc1cc(/C=N/N=C/c2ccc(COO[C@@H]3COC4C(OC(=O)c5ccc(/C=N/N=C/c6ccc(O)c(C)c6)cc5)COC43)cc2)ccc1O. The molecule has 4 aromatic rings. The first-order chi connectivity index (χ1) is 25.4. The molecule has 4 aromatic carbocycles. The van der Waals surface area contributed by atoms with E-state index in [9.17, 15) is 15.0 Å². The summed E-state index contributed by atoms with van der Waals surface area (Å²) in [5, 5.41) is 35.7. The average Bonchev–Trinajstić information content (AvgIpc) is 3.75. The van der Waals surface area contributed by atoms with Crippen LogP contribution in [0.4, 0.5) is 0 Å². The number of carbonyl (C=O) groups is 1. The molecule has 0 amide bonds. The highest BCUT2D eigenvalue weighted by Gasteiger charge is 2.50. The van der Waals surface area contributed by atoms with Crippen molar-refractivity contribution in [2.45, 2.75) is 44.9 Å². The molecule has 13 nitrogen and oxygen atoms in total. The lowest BCUT2D eigenvalue weighted by atomic mass is 10.1. The van der Waals surface area contributed by atoms with Gasteiger partial charge in [-0.2, -0.15) is 20.4 Å². The highest BCUT2D eigenvalue weighted by atomic mass is 17.2. The van der Waals surface area contributed by atoms with Gasteiger partial charge in [0.25, 0.3) is 0 Å². The Hall–Kier alpha value is -5.73. The van der Waals surface area contributed by atoms with Crippen molar-refractivity contribution in [2.24, 2.45) is 20.4 Å². The van der Waals surface area contributed by atoms with Crippen LogP contribution in [-0.2, 0) is 30.6 Å². The van der Waals surface area contributed by atoms with Crippen molar-refractivity contribution < 1.29 is 43.7 Å². The summed E-state index contributed by atoms with van der Waals surface area (Å²) < 4.78 is 22.9. The van der Waals surface area contributed by atoms with Crippen molar-refractivity contribution in [3.63, 3.8) is 0 Å². The first-order valence-electron chi connectivity index (χ1n) is 16.7. The summed E-state index contributed by atoms with van der Waals surface area (Å²) in [6.07, 6.45) is 4.40.